The average molecular weight is 490 g/mol. The summed E-state index contributed by atoms with van der Waals surface area (Å²) in [6.45, 7) is 7.53. The van der Waals surface area contributed by atoms with Crippen molar-refractivity contribution in [2.45, 2.75) is 44.6 Å². The number of Topliss-reactive ketones (excluding diaryl/α,β-unsaturated/α-hetero) is 1. The van der Waals surface area contributed by atoms with Crippen LogP contribution in [0.15, 0.2) is 81.3 Å². The molecule has 7 nitrogen and oxygen atoms in total. The van der Waals surface area contributed by atoms with Crippen molar-refractivity contribution in [3.05, 3.63) is 88.6 Å². The molecule has 180 valence electrons. The summed E-state index contributed by atoms with van der Waals surface area (Å²) in [5.74, 6) is 0.422. The fourth-order valence-corrected chi connectivity index (χ4v) is 4.40. The summed E-state index contributed by atoms with van der Waals surface area (Å²) in [6.07, 6.45) is 1.56. The Morgan fingerprint density at radius 1 is 1.06 bits per heavy atom. The van der Waals surface area contributed by atoms with Crippen molar-refractivity contribution in [2.24, 2.45) is 5.41 Å². The van der Waals surface area contributed by atoms with E-state index < -0.39 is 10.7 Å². The van der Waals surface area contributed by atoms with Crippen molar-refractivity contribution in [1.29, 1.82) is 0 Å². The molecular formula is C27H27N3O4S. The maximum atomic E-state index is 13.2. The summed E-state index contributed by atoms with van der Waals surface area (Å²) in [4.78, 5) is 43.3. The summed E-state index contributed by atoms with van der Waals surface area (Å²) >= 11 is 1.23. The number of amides is 1. The van der Waals surface area contributed by atoms with Gasteiger partial charge < -0.3 is 9.73 Å². The van der Waals surface area contributed by atoms with Crippen LogP contribution in [0.5, 0.6) is 0 Å². The molecule has 0 fully saturated rings. The molecule has 0 spiro atoms. The lowest BCUT2D eigenvalue weighted by Crippen LogP contribution is -2.27. The minimum Gasteiger partial charge on any atom is -0.467 e. The van der Waals surface area contributed by atoms with Crippen molar-refractivity contribution in [3.8, 4) is 0 Å². The van der Waals surface area contributed by atoms with Crippen molar-refractivity contribution in [1.82, 2.24) is 9.55 Å². The van der Waals surface area contributed by atoms with E-state index in [0.717, 1.165) is 0 Å². The zero-order chi connectivity index (χ0) is 25.2. The van der Waals surface area contributed by atoms with E-state index in [1.807, 2.05) is 26.8 Å². The summed E-state index contributed by atoms with van der Waals surface area (Å²) < 4.78 is 6.99. The van der Waals surface area contributed by atoms with Gasteiger partial charge in [0, 0.05) is 16.7 Å². The number of aromatic nitrogens is 2. The van der Waals surface area contributed by atoms with Gasteiger partial charge in [0.1, 0.15) is 5.76 Å². The van der Waals surface area contributed by atoms with E-state index >= 15 is 0 Å². The number of hydrogen-bond donors (Lipinski definition) is 1. The number of thioether (sulfide) groups is 1. The van der Waals surface area contributed by atoms with Crippen molar-refractivity contribution < 1.29 is 14.0 Å². The standard InChI is InChI=1S/C27H27N3O4S/c1-17(23(31)18-11-13-19(14-12-18)28-25(33)27(2,3)4)35-26-29-22-10-6-5-9-21(22)24(32)30(26)16-20-8-7-15-34-20/h5-15,17H,16H2,1-4H3,(H,28,33). The molecule has 0 saturated carbocycles. The second-order valence-electron chi connectivity index (χ2n) is 9.29. The summed E-state index contributed by atoms with van der Waals surface area (Å²) in [6, 6.07) is 17.5. The van der Waals surface area contributed by atoms with Gasteiger partial charge in [0.2, 0.25) is 5.91 Å². The van der Waals surface area contributed by atoms with E-state index in [1.54, 1.807) is 72.4 Å². The number of furan rings is 1. The van der Waals surface area contributed by atoms with E-state index in [9.17, 15) is 14.4 Å². The summed E-state index contributed by atoms with van der Waals surface area (Å²) in [7, 11) is 0. The quantitative estimate of drug-likeness (QED) is 0.213. The van der Waals surface area contributed by atoms with Crippen molar-refractivity contribution in [2.75, 3.05) is 5.32 Å². The van der Waals surface area contributed by atoms with Gasteiger partial charge in [0.25, 0.3) is 5.56 Å². The van der Waals surface area contributed by atoms with Gasteiger partial charge in [-0.3, -0.25) is 19.0 Å². The first-order valence-electron chi connectivity index (χ1n) is 11.3. The molecule has 4 rings (SSSR count). The van der Waals surface area contributed by atoms with Gasteiger partial charge in [0.15, 0.2) is 10.9 Å². The number of carbonyl (C=O) groups is 2. The number of ketones is 1. The van der Waals surface area contributed by atoms with Gasteiger partial charge in [-0.25, -0.2) is 4.98 Å². The number of nitrogens with one attached hydrogen (secondary N) is 1. The largest absolute Gasteiger partial charge is 0.467 e. The maximum Gasteiger partial charge on any atom is 0.262 e. The van der Waals surface area contributed by atoms with Crippen LogP contribution in [0.3, 0.4) is 0 Å². The fourth-order valence-electron chi connectivity index (χ4n) is 3.42. The van der Waals surface area contributed by atoms with Gasteiger partial charge in [-0.2, -0.15) is 0 Å². The molecule has 0 aliphatic heterocycles. The number of rotatable bonds is 7. The molecule has 1 N–H and O–H groups in total. The van der Waals surface area contributed by atoms with Crippen LogP contribution < -0.4 is 10.9 Å². The minimum atomic E-state index is -0.516. The number of hydrogen-bond acceptors (Lipinski definition) is 6. The third kappa shape index (κ3) is 5.54. The topological polar surface area (TPSA) is 94.2 Å². The molecule has 35 heavy (non-hydrogen) atoms. The van der Waals surface area contributed by atoms with Crippen LogP contribution in [0.4, 0.5) is 5.69 Å². The van der Waals surface area contributed by atoms with Gasteiger partial charge in [-0.15, -0.1) is 0 Å². The highest BCUT2D eigenvalue weighted by Gasteiger charge is 2.23. The van der Waals surface area contributed by atoms with Crippen LogP contribution in [0.1, 0.15) is 43.8 Å². The van der Waals surface area contributed by atoms with Gasteiger partial charge >= 0.3 is 0 Å². The molecule has 4 aromatic rings. The Labute approximate surface area is 207 Å². The van der Waals surface area contributed by atoms with Gasteiger partial charge in [-0.1, -0.05) is 44.7 Å². The molecule has 1 unspecified atom stereocenters. The molecular weight excluding hydrogens is 462 g/mol. The Kier molecular flexibility index (Phi) is 6.93. The first kappa shape index (κ1) is 24.5. The van der Waals surface area contributed by atoms with Crippen LogP contribution in [-0.2, 0) is 11.3 Å². The number of benzene rings is 2. The van der Waals surface area contributed by atoms with E-state index in [1.165, 1.54) is 11.8 Å². The Morgan fingerprint density at radius 3 is 2.43 bits per heavy atom. The highest BCUT2D eigenvalue weighted by atomic mass is 32.2. The predicted molar refractivity (Wildman–Crippen MR) is 138 cm³/mol. The van der Waals surface area contributed by atoms with Gasteiger partial charge in [-0.05, 0) is 55.5 Å². The van der Waals surface area contributed by atoms with Crippen LogP contribution >= 0.6 is 11.8 Å². The smallest absolute Gasteiger partial charge is 0.262 e. The molecule has 1 atom stereocenters. The molecule has 0 radical (unpaired) electrons. The zero-order valence-corrected chi connectivity index (χ0v) is 20.9. The SMILES string of the molecule is CC(Sc1nc2ccccc2c(=O)n1Cc1ccco1)C(=O)c1ccc(NC(=O)C(C)(C)C)cc1. The molecule has 1 amide bonds. The first-order chi connectivity index (χ1) is 16.6. The number of fused-ring (bicyclic) bond motifs is 1. The normalized spacial score (nSPS) is 12.5. The van der Waals surface area contributed by atoms with Crippen molar-refractivity contribution in [3.63, 3.8) is 0 Å². The summed E-state index contributed by atoms with van der Waals surface area (Å²) in [5.41, 5.74) is 1.02. The van der Waals surface area contributed by atoms with E-state index in [-0.39, 0.29) is 23.8 Å². The Bertz CT molecular complexity index is 1420. The van der Waals surface area contributed by atoms with E-state index in [4.69, 9.17) is 4.42 Å². The lowest BCUT2D eigenvalue weighted by molar-refractivity contribution is -0.123. The van der Waals surface area contributed by atoms with E-state index in [0.29, 0.717) is 33.1 Å². The third-order valence-corrected chi connectivity index (χ3v) is 6.57. The second-order valence-corrected chi connectivity index (χ2v) is 10.6. The molecule has 0 bridgehead atoms. The number of para-hydroxylation sites is 1. The van der Waals surface area contributed by atoms with E-state index in [2.05, 4.69) is 10.3 Å². The molecule has 2 aromatic carbocycles. The Balaban J connectivity index is 1.58. The predicted octanol–water partition coefficient (Wildman–Crippen LogP) is 5.39. The minimum absolute atomic E-state index is 0.0996. The first-order valence-corrected chi connectivity index (χ1v) is 12.2. The molecule has 8 heteroatoms. The van der Waals surface area contributed by atoms with Gasteiger partial charge in [0.05, 0.1) is 29.0 Å². The number of anilines is 1. The van der Waals surface area contributed by atoms with Crippen LogP contribution in [0.2, 0.25) is 0 Å². The molecule has 0 aliphatic carbocycles. The van der Waals surface area contributed by atoms with Crippen LogP contribution in [0.25, 0.3) is 10.9 Å². The number of nitrogens with zero attached hydrogens (tertiary/aromatic N) is 2. The lowest BCUT2D eigenvalue weighted by atomic mass is 9.95. The monoisotopic (exact) mass is 489 g/mol. The van der Waals surface area contributed by atoms with Crippen LogP contribution in [-0.4, -0.2) is 26.5 Å². The molecule has 0 aliphatic rings. The second kappa shape index (κ2) is 9.92. The highest BCUT2D eigenvalue weighted by molar-refractivity contribution is 8.00. The third-order valence-electron chi connectivity index (χ3n) is 5.48. The average Bonchev–Trinajstić information content (AvgIpc) is 3.34. The summed E-state index contributed by atoms with van der Waals surface area (Å²) in [5, 5.41) is 3.31. The molecule has 2 heterocycles. The fraction of sp³-hybridized carbons (Fsp3) is 0.259. The highest BCUT2D eigenvalue weighted by Crippen LogP contribution is 2.26. The van der Waals surface area contributed by atoms with Crippen molar-refractivity contribution >= 4 is 40.0 Å². The maximum absolute atomic E-state index is 13.2. The Morgan fingerprint density at radius 2 is 1.77 bits per heavy atom. The Hall–Kier alpha value is -3.65. The molecule has 2 aromatic heterocycles. The lowest BCUT2D eigenvalue weighted by Gasteiger charge is -2.18. The zero-order valence-electron chi connectivity index (χ0n) is 20.1. The molecule has 0 saturated heterocycles. The van der Waals surface area contributed by atoms with Crippen LogP contribution in [0, 0.1) is 5.41 Å². The number of carbonyl (C=O) groups excluding carboxylic acids is 2.